The summed E-state index contributed by atoms with van der Waals surface area (Å²) in [5, 5.41) is 3.13. The van der Waals surface area contributed by atoms with Crippen molar-refractivity contribution in [3.05, 3.63) is 41.3 Å². The van der Waals surface area contributed by atoms with Crippen LogP contribution in [0.5, 0.6) is 0 Å². The van der Waals surface area contributed by atoms with Crippen molar-refractivity contribution in [2.24, 2.45) is 5.73 Å². The van der Waals surface area contributed by atoms with Gasteiger partial charge in [-0.15, -0.1) is 0 Å². The highest BCUT2D eigenvalue weighted by molar-refractivity contribution is 8.02. The van der Waals surface area contributed by atoms with Gasteiger partial charge in [-0.05, 0) is 34.9 Å². The van der Waals surface area contributed by atoms with E-state index in [1.807, 2.05) is 0 Å². The molecule has 3 nitrogen and oxygen atoms in total. The van der Waals surface area contributed by atoms with Gasteiger partial charge in [0.05, 0.1) is 0 Å². The Morgan fingerprint density at radius 3 is 2.44 bits per heavy atom. The van der Waals surface area contributed by atoms with Crippen LogP contribution in [0.4, 0.5) is 18.9 Å². The Kier molecular flexibility index (Phi) is 5.24. The molecule has 1 amide bonds. The van der Waals surface area contributed by atoms with Crippen LogP contribution in [-0.2, 0) is 11.3 Å². The van der Waals surface area contributed by atoms with E-state index in [9.17, 15) is 18.0 Å². The molecule has 0 aliphatic carbocycles. The molecule has 0 atom stereocenters. The number of benzene rings is 1. The molecule has 1 rings (SSSR count). The zero-order valence-electron chi connectivity index (χ0n) is 9.20. The second kappa shape index (κ2) is 6.46. The summed E-state index contributed by atoms with van der Waals surface area (Å²) in [7, 11) is 0. The van der Waals surface area contributed by atoms with Crippen molar-refractivity contribution in [2.75, 3.05) is 5.32 Å². The maximum absolute atomic E-state index is 11.8. The highest BCUT2D eigenvalue weighted by Crippen LogP contribution is 2.30. The summed E-state index contributed by atoms with van der Waals surface area (Å²) < 4.78 is 35.4. The quantitative estimate of drug-likeness (QED) is 0.831. The number of hydrogen-bond acceptors (Lipinski definition) is 3. The fraction of sp³-hybridized carbons (Fsp3) is 0.182. The molecule has 1 aromatic rings. The summed E-state index contributed by atoms with van der Waals surface area (Å²) >= 11 is -0.379. The van der Waals surface area contributed by atoms with Crippen molar-refractivity contribution < 1.29 is 18.0 Å². The van der Waals surface area contributed by atoms with Crippen molar-refractivity contribution in [3.8, 4) is 0 Å². The van der Waals surface area contributed by atoms with Crippen LogP contribution in [0.25, 0.3) is 0 Å². The number of hydrogen-bond donors (Lipinski definition) is 2. The van der Waals surface area contributed by atoms with Gasteiger partial charge in [0, 0.05) is 18.3 Å². The lowest BCUT2D eigenvalue weighted by molar-refractivity contribution is -0.111. The van der Waals surface area contributed by atoms with E-state index >= 15 is 0 Å². The Balaban J connectivity index is 2.49. The molecule has 0 aromatic heterocycles. The van der Waals surface area contributed by atoms with Crippen molar-refractivity contribution in [3.63, 3.8) is 0 Å². The number of halogens is 3. The molecule has 0 fully saturated rings. The van der Waals surface area contributed by atoms with Crippen molar-refractivity contribution in [1.29, 1.82) is 0 Å². The minimum absolute atomic E-state index is 0.379. The first-order valence-electron chi connectivity index (χ1n) is 4.92. The first kappa shape index (κ1) is 14.6. The monoisotopic (exact) mass is 276 g/mol. The predicted octanol–water partition coefficient (Wildman–Crippen LogP) is 2.85. The van der Waals surface area contributed by atoms with Crippen LogP contribution in [-0.4, -0.2) is 11.4 Å². The van der Waals surface area contributed by atoms with Gasteiger partial charge in [0.25, 0.3) is 0 Å². The Labute approximate surface area is 106 Å². The molecule has 7 heteroatoms. The number of carbonyl (C=O) groups excluding carboxylic acids is 1. The zero-order valence-corrected chi connectivity index (χ0v) is 10.0. The van der Waals surface area contributed by atoms with Crippen LogP contribution >= 0.6 is 11.8 Å². The molecular weight excluding hydrogens is 265 g/mol. The summed E-state index contributed by atoms with van der Waals surface area (Å²) in [6.07, 6.45) is 0.828. The Hall–Kier alpha value is -1.47. The molecule has 0 saturated heterocycles. The summed E-state index contributed by atoms with van der Waals surface area (Å²) in [6, 6.07) is 6.71. The second-order valence-electron chi connectivity index (χ2n) is 3.26. The van der Waals surface area contributed by atoms with Gasteiger partial charge in [0.2, 0.25) is 5.91 Å². The minimum atomic E-state index is -4.38. The number of anilines is 1. The third kappa shape index (κ3) is 5.74. The average Bonchev–Trinajstić information content (AvgIpc) is 2.28. The second-order valence-corrected chi connectivity index (χ2v) is 4.23. The van der Waals surface area contributed by atoms with Crippen LogP contribution < -0.4 is 11.1 Å². The van der Waals surface area contributed by atoms with E-state index in [-0.39, 0.29) is 11.8 Å². The summed E-state index contributed by atoms with van der Waals surface area (Å²) in [4.78, 5) is 11.2. The topological polar surface area (TPSA) is 55.1 Å². The number of nitrogens with one attached hydrogen (secondary N) is 1. The number of rotatable bonds is 4. The molecule has 0 aliphatic heterocycles. The lowest BCUT2D eigenvalue weighted by Crippen LogP contribution is -2.08. The van der Waals surface area contributed by atoms with Gasteiger partial charge in [-0.2, -0.15) is 13.2 Å². The lowest BCUT2D eigenvalue weighted by Gasteiger charge is -2.03. The molecule has 3 N–H and O–H groups in total. The number of thioether (sulfide) groups is 1. The Morgan fingerprint density at radius 1 is 1.33 bits per heavy atom. The van der Waals surface area contributed by atoms with E-state index in [4.69, 9.17) is 5.73 Å². The van der Waals surface area contributed by atoms with Gasteiger partial charge in [0.1, 0.15) is 0 Å². The van der Waals surface area contributed by atoms with Gasteiger partial charge in [-0.25, -0.2) is 0 Å². The smallest absolute Gasteiger partial charge is 0.326 e. The largest absolute Gasteiger partial charge is 0.445 e. The molecule has 98 valence electrons. The van der Waals surface area contributed by atoms with Gasteiger partial charge >= 0.3 is 5.51 Å². The fourth-order valence-electron chi connectivity index (χ4n) is 1.08. The third-order valence-corrected chi connectivity index (χ3v) is 2.42. The van der Waals surface area contributed by atoms with E-state index < -0.39 is 11.4 Å². The SMILES string of the molecule is NCc1ccc(NC(=O)C=CSC(F)(F)F)cc1. The van der Waals surface area contributed by atoms with E-state index in [0.717, 1.165) is 11.6 Å². The molecule has 0 heterocycles. The highest BCUT2D eigenvalue weighted by Gasteiger charge is 2.26. The maximum Gasteiger partial charge on any atom is 0.445 e. The van der Waals surface area contributed by atoms with Crippen molar-refractivity contribution in [2.45, 2.75) is 12.1 Å². The van der Waals surface area contributed by atoms with E-state index in [1.54, 1.807) is 24.3 Å². The summed E-state index contributed by atoms with van der Waals surface area (Å²) in [6.45, 7) is 0.385. The molecule has 18 heavy (non-hydrogen) atoms. The summed E-state index contributed by atoms with van der Waals surface area (Å²) in [5.74, 6) is -0.618. The van der Waals surface area contributed by atoms with Crippen LogP contribution in [0.1, 0.15) is 5.56 Å². The van der Waals surface area contributed by atoms with Crippen LogP contribution in [0.2, 0.25) is 0 Å². The van der Waals surface area contributed by atoms with Gasteiger partial charge in [0.15, 0.2) is 0 Å². The molecule has 0 saturated carbocycles. The molecule has 1 aromatic carbocycles. The van der Waals surface area contributed by atoms with E-state index in [0.29, 0.717) is 17.6 Å². The fourth-order valence-corrected chi connectivity index (χ4v) is 1.43. The van der Waals surface area contributed by atoms with Gasteiger partial charge in [-0.1, -0.05) is 12.1 Å². The van der Waals surface area contributed by atoms with E-state index in [2.05, 4.69) is 5.32 Å². The maximum atomic E-state index is 11.8. The first-order valence-corrected chi connectivity index (χ1v) is 5.80. The number of amides is 1. The molecular formula is C11H11F3N2OS. The van der Waals surface area contributed by atoms with Crippen LogP contribution in [0.15, 0.2) is 35.7 Å². The third-order valence-electron chi connectivity index (χ3n) is 1.88. The van der Waals surface area contributed by atoms with Gasteiger partial charge in [-0.3, -0.25) is 4.79 Å². The van der Waals surface area contributed by atoms with Crippen molar-refractivity contribution in [1.82, 2.24) is 0 Å². The van der Waals surface area contributed by atoms with E-state index in [1.165, 1.54) is 0 Å². The summed E-state index contributed by atoms with van der Waals surface area (Å²) in [5.41, 5.74) is 2.42. The molecule has 0 spiro atoms. The van der Waals surface area contributed by atoms with Gasteiger partial charge < -0.3 is 11.1 Å². The molecule has 0 bridgehead atoms. The molecule has 0 radical (unpaired) electrons. The first-order chi connectivity index (χ1) is 8.40. The number of nitrogens with two attached hydrogens (primary N) is 1. The Morgan fingerprint density at radius 2 is 1.94 bits per heavy atom. The minimum Gasteiger partial charge on any atom is -0.326 e. The number of carbonyl (C=O) groups is 1. The number of alkyl halides is 3. The normalized spacial score (nSPS) is 11.8. The molecule has 0 aliphatic rings. The predicted molar refractivity (Wildman–Crippen MR) is 65.7 cm³/mol. The van der Waals surface area contributed by atoms with Crippen LogP contribution in [0, 0.1) is 0 Å². The standard InChI is InChI=1S/C11H11F3N2OS/c12-11(13,14)18-6-5-10(17)16-9-3-1-8(7-15)2-4-9/h1-6H,7,15H2,(H,16,17). The van der Waals surface area contributed by atoms with Crippen molar-refractivity contribution >= 4 is 23.4 Å². The van der Waals surface area contributed by atoms with Crippen LogP contribution in [0.3, 0.4) is 0 Å². The lowest BCUT2D eigenvalue weighted by atomic mass is 10.2. The zero-order chi connectivity index (χ0) is 13.6. The molecule has 0 unspecified atom stereocenters. The highest BCUT2D eigenvalue weighted by atomic mass is 32.2. The Bertz CT molecular complexity index is 429. The average molecular weight is 276 g/mol.